The van der Waals surface area contributed by atoms with Crippen molar-refractivity contribution in [3.8, 4) is 5.75 Å². The van der Waals surface area contributed by atoms with E-state index in [1.54, 1.807) is 6.20 Å². The maximum absolute atomic E-state index is 10.1. The molecule has 22 heavy (non-hydrogen) atoms. The summed E-state index contributed by atoms with van der Waals surface area (Å²) in [6.07, 6.45) is 4.58. The van der Waals surface area contributed by atoms with E-state index >= 15 is 0 Å². The van der Waals surface area contributed by atoms with E-state index < -0.39 is 0 Å². The van der Waals surface area contributed by atoms with Gasteiger partial charge in [-0.3, -0.25) is 4.98 Å². The van der Waals surface area contributed by atoms with Crippen LogP contribution < -0.4 is 4.74 Å². The van der Waals surface area contributed by atoms with E-state index in [9.17, 15) is 5.11 Å². The molecule has 1 aromatic heterocycles. The lowest BCUT2D eigenvalue weighted by atomic mass is 9.89. The molecule has 3 nitrogen and oxygen atoms in total. The standard InChI is InChI=1S/C19H25NO2/c1-3-4-10-17(15(2)21)18-11-5-6-12-19(18)22-14-16-9-7-8-13-20-16/h5-9,11-13,15,17,21H,3-4,10,14H2,1-2H3. The zero-order chi connectivity index (χ0) is 15.8. The average Bonchev–Trinajstić information content (AvgIpc) is 2.55. The summed E-state index contributed by atoms with van der Waals surface area (Å²) in [4.78, 5) is 4.28. The van der Waals surface area contributed by atoms with Crippen molar-refractivity contribution in [3.63, 3.8) is 0 Å². The van der Waals surface area contributed by atoms with E-state index in [1.165, 1.54) is 0 Å². The fourth-order valence-electron chi connectivity index (χ4n) is 2.63. The summed E-state index contributed by atoms with van der Waals surface area (Å²) in [7, 11) is 0. The zero-order valence-electron chi connectivity index (χ0n) is 13.4. The largest absolute Gasteiger partial charge is 0.487 e. The van der Waals surface area contributed by atoms with Crippen LogP contribution in [0.4, 0.5) is 0 Å². The Morgan fingerprint density at radius 2 is 1.91 bits per heavy atom. The quantitative estimate of drug-likeness (QED) is 0.789. The lowest BCUT2D eigenvalue weighted by Gasteiger charge is -2.23. The topological polar surface area (TPSA) is 42.4 Å². The van der Waals surface area contributed by atoms with Gasteiger partial charge in [-0.25, -0.2) is 0 Å². The molecule has 2 atom stereocenters. The van der Waals surface area contributed by atoms with Crippen molar-refractivity contribution in [1.82, 2.24) is 4.98 Å². The number of unbranched alkanes of at least 4 members (excludes halogenated alkanes) is 1. The van der Waals surface area contributed by atoms with Gasteiger partial charge in [0.15, 0.2) is 0 Å². The summed E-state index contributed by atoms with van der Waals surface area (Å²) in [5.74, 6) is 0.954. The molecule has 1 aromatic carbocycles. The number of aliphatic hydroxyl groups excluding tert-OH is 1. The first-order chi connectivity index (χ1) is 10.7. The molecule has 2 aromatic rings. The molecule has 2 unspecified atom stereocenters. The van der Waals surface area contributed by atoms with Crippen LogP contribution in [0.2, 0.25) is 0 Å². The number of nitrogens with zero attached hydrogens (tertiary/aromatic N) is 1. The van der Waals surface area contributed by atoms with Gasteiger partial charge in [0.25, 0.3) is 0 Å². The first-order valence-corrected chi connectivity index (χ1v) is 8.02. The Hall–Kier alpha value is -1.87. The summed E-state index contributed by atoms with van der Waals surface area (Å²) in [6.45, 7) is 4.47. The van der Waals surface area contributed by atoms with Gasteiger partial charge in [0.2, 0.25) is 0 Å². The summed E-state index contributed by atoms with van der Waals surface area (Å²) in [6, 6.07) is 13.8. The van der Waals surface area contributed by atoms with Crippen LogP contribution in [-0.2, 0) is 6.61 Å². The molecule has 0 bridgehead atoms. The van der Waals surface area contributed by atoms with Crippen LogP contribution >= 0.6 is 0 Å². The molecule has 0 spiro atoms. The summed E-state index contributed by atoms with van der Waals surface area (Å²) >= 11 is 0. The van der Waals surface area contributed by atoms with E-state index in [4.69, 9.17) is 4.74 Å². The average molecular weight is 299 g/mol. The molecular formula is C19H25NO2. The molecule has 0 aliphatic carbocycles. The van der Waals surface area contributed by atoms with Crippen molar-refractivity contribution in [1.29, 1.82) is 0 Å². The van der Waals surface area contributed by atoms with E-state index in [0.29, 0.717) is 6.61 Å². The minimum Gasteiger partial charge on any atom is -0.487 e. The van der Waals surface area contributed by atoms with Crippen LogP contribution in [-0.4, -0.2) is 16.2 Å². The van der Waals surface area contributed by atoms with Crippen molar-refractivity contribution in [3.05, 3.63) is 59.9 Å². The molecule has 118 valence electrons. The van der Waals surface area contributed by atoms with Gasteiger partial charge in [-0.05, 0) is 37.1 Å². The molecule has 0 fully saturated rings. The van der Waals surface area contributed by atoms with E-state index in [-0.39, 0.29) is 12.0 Å². The van der Waals surface area contributed by atoms with Gasteiger partial charge >= 0.3 is 0 Å². The fraction of sp³-hybridized carbons (Fsp3) is 0.421. The Kier molecular flexibility index (Phi) is 6.41. The molecule has 2 rings (SSSR count). The molecule has 0 saturated heterocycles. The number of hydrogen-bond donors (Lipinski definition) is 1. The number of pyridine rings is 1. The third kappa shape index (κ3) is 4.57. The summed E-state index contributed by atoms with van der Waals surface area (Å²) < 4.78 is 5.96. The number of para-hydroxylation sites is 1. The van der Waals surface area contributed by atoms with Gasteiger partial charge in [-0.1, -0.05) is 44.0 Å². The Labute approximate surface area is 133 Å². The molecule has 0 aliphatic rings. The zero-order valence-corrected chi connectivity index (χ0v) is 13.4. The Morgan fingerprint density at radius 1 is 1.14 bits per heavy atom. The normalized spacial score (nSPS) is 13.6. The number of hydrogen-bond acceptors (Lipinski definition) is 3. The highest BCUT2D eigenvalue weighted by atomic mass is 16.5. The molecular weight excluding hydrogens is 274 g/mol. The van der Waals surface area contributed by atoms with Gasteiger partial charge < -0.3 is 9.84 Å². The van der Waals surface area contributed by atoms with Crippen LogP contribution in [0.3, 0.4) is 0 Å². The summed E-state index contributed by atoms with van der Waals surface area (Å²) in [5.41, 5.74) is 1.99. The number of rotatable bonds is 8. The summed E-state index contributed by atoms with van der Waals surface area (Å²) in [5, 5.41) is 10.1. The lowest BCUT2D eigenvalue weighted by molar-refractivity contribution is 0.153. The van der Waals surface area contributed by atoms with E-state index in [0.717, 1.165) is 36.3 Å². The Bertz CT molecular complexity index is 554. The smallest absolute Gasteiger partial charge is 0.130 e. The fourth-order valence-corrected chi connectivity index (χ4v) is 2.63. The van der Waals surface area contributed by atoms with Crippen LogP contribution in [0.1, 0.15) is 50.3 Å². The lowest BCUT2D eigenvalue weighted by Crippen LogP contribution is -2.16. The number of ether oxygens (including phenoxy) is 1. The van der Waals surface area contributed by atoms with Gasteiger partial charge in [0.05, 0.1) is 11.8 Å². The molecule has 3 heteroatoms. The first-order valence-electron chi connectivity index (χ1n) is 8.02. The maximum atomic E-state index is 10.1. The van der Waals surface area contributed by atoms with Gasteiger partial charge in [0.1, 0.15) is 12.4 Å². The highest BCUT2D eigenvalue weighted by molar-refractivity contribution is 5.37. The molecule has 0 aliphatic heterocycles. The molecule has 1 N–H and O–H groups in total. The van der Waals surface area contributed by atoms with Crippen LogP contribution in [0, 0.1) is 0 Å². The molecule has 0 saturated carbocycles. The predicted molar refractivity (Wildman–Crippen MR) is 89.0 cm³/mol. The van der Waals surface area contributed by atoms with Crippen molar-refractivity contribution in [2.24, 2.45) is 0 Å². The number of aliphatic hydroxyl groups is 1. The second-order valence-corrected chi connectivity index (χ2v) is 5.64. The Morgan fingerprint density at radius 3 is 2.59 bits per heavy atom. The SMILES string of the molecule is CCCCC(c1ccccc1OCc1ccccn1)C(C)O. The molecule has 0 amide bonds. The first kappa shape index (κ1) is 16.5. The van der Waals surface area contributed by atoms with Crippen LogP contribution in [0.15, 0.2) is 48.7 Å². The monoisotopic (exact) mass is 299 g/mol. The van der Waals surface area contributed by atoms with Crippen molar-refractivity contribution >= 4 is 0 Å². The van der Waals surface area contributed by atoms with E-state index in [1.807, 2.05) is 43.3 Å². The molecule has 1 heterocycles. The van der Waals surface area contributed by atoms with Gasteiger partial charge in [-0.2, -0.15) is 0 Å². The second kappa shape index (κ2) is 8.54. The third-order valence-corrected chi connectivity index (χ3v) is 3.87. The highest BCUT2D eigenvalue weighted by Crippen LogP contribution is 2.33. The van der Waals surface area contributed by atoms with Crippen LogP contribution in [0.5, 0.6) is 5.75 Å². The predicted octanol–water partition coefficient (Wildman–Crippen LogP) is 4.32. The minimum absolute atomic E-state index is 0.111. The van der Waals surface area contributed by atoms with E-state index in [2.05, 4.69) is 18.0 Å². The highest BCUT2D eigenvalue weighted by Gasteiger charge is 2.20. The molecule has 0 radical (unpaired) electrons. The minimum atomic E-state index is -0.383. The Balaban J connectivity index is 2.14. The number of aromatic nitrogens is 1. The van der Waals surface area contributed by atoms with Crippen molar-refractivity contribution < 1.29 is 9.84 Å². The maximum Gasteiger partial charge on any atom is 0.130 e. The number of benzene rings is 1. The van der Waals surface area contributed by atoms with Crippen molar-refractivity contribution in [2.75, 3.05) is 0 Å². The van der Waals surface area contributed by atoms with Gasteiger partial charge in [-0.15, -0.1) is 0 Å². The van der Waals surface area contributed by atoms with Gasteiger partial charge in [0, 0.05) is 12.1 Å². The van der Waals surface area contributed by atoms with Crippen molar-refractivity contribution in [2.45, 2.75) is 51.7 Å². The third-order valence-electron chi connectivity index (χ3n) is 3.87. The second-order valence-electron chi connectivity index (χ2n) is 5.64. The van der Waals surface area contributed by atoms with Crippen LogP contribution in [0.25, 0.3) is 0 Å².